The second-order valence-electron chi connectivity index (χ2n) is 7.17. The van der Waals surface area contributed by atoms with E-state index in [2.05, 4.69) is 21.5 Å². The lowest BCUT2D eigenvalue weighted by Crippen LogP contribution is -2.53. The van der Waals surface area contributed by atoms with Gasteiger partial charge < -0.3 is 24.8 Å². The highest BCUT2D eigenvalue weighted by Crippen LogP contribution is 2.44. The maximum atomic E-state index is 12.4. The lowest BCUT2D eigenvalue weighted by molar-refractivity contribution is -0.125. The largest absolute Gasteiger partial charge is 0.493 e. The van der Waals surface area contributed by atoms with Gasteiger partial charge in [-0.2, -0.15) is 0 Å². The molecular formula is C21H26N4O4. The summed E-state index contributed by atoms with van der Waals surface area (Å²) in [6.07, 6.45) is 0.101. The van der Waals surface area contributed by atoms with Crippen LogP contribution in [0.4, 0.5) is 5.69 Å². The molecule has 154 valence electrons. The number of ether oxygens (including phenoxy) is 3. The van der Waals surface area contributed by atoms with Gasteiger partial charge in [-0.1, -0.05) is 18.2 Å². The van der Waals surface area contributed by atoms with Crippen molar-refractivity contribution >= 4 is 11.6 Å². The van der Waals surface area contributed by atoms with Gasteiger partial charge in [-0.05, 0) is 29.8 Å². The van der Waals surface area contributed by atoms with E-state index in [0.717, 1.165) is 11.3 Å². The van der Waals surface area contributed by atoms with Crippen LogP contribution in [0.2, 0.25) is 0 Å². The highest BCUT2D eigenvalue weighted by atomic mass is 16.5. The van der Waals surface area contributed by atoms with Crippen LogP contribution in [-0.4, -0.2) is 39.6 Å². The molecule has 1 amide bonds. The molecule has 4 unspecified atom stereocenters. The smallest absolute Gasteiger partial charge is 0.221 e. The number of hydrogen-bond acceptors (Lipinski definition) is 7. The van der Waals surface area contributed by atoms with Crippen molar-refractivity contribution in [3.8, 4) is 17.2 Å². The molecule has 8 nitrogen and oxygen atoms in total. The molecule has 0 saturated carbocycles. The average Bonchev–Trinajstić information content (AvgIpc) is 3.14. The molecule has 2 saturated heterocycles. The van der Waals surface area contributed by atoms with Crippen LogP contribution in [-0.2, 0) is 4.79 Å². The predicted molar refractivity (Wildman–Crippen MR) is 109 cm³/mol. The Kier molecular flexibility index (Phi) is 5.46. The fourth-order valence-corrected chi connectivity index (χ4v) is 4.23. The molecule has 4 rings (SSSR count). The number of amides is 1. The van der Waals surface area contributed by atoms with E-state index < -0.39 is 0 Å². The first kappa shape index (κ1) is 19.4. The summed E-state index contributed by atoms with van der Waals surface area (Å²) in [6, 6.07) is 13.9. The summed E-state index contributed by atoms with van der Waals surface area (Å²) in [4.78, 5) is 12.4. The third-order valence-electron chi connectivity index (χ3n) is 5.56. The fourth-order valence-electron chi connectivity index (χ4n) is 4.23. The first-order valence-electron chi connectivity index (χ1n) is 9.56. The van der Waals surface area contributed by atoms with Crippen molar-refractivity contribution in [2.75, 3.05) is 26.6 Å². The van der Waals surface area contributed by atoms with Crippen molar-refractivity contribution < 1.29 is 19.0 Å². The van der Waals surface area contributed by atoms with Crippen LogP contribution in [0.3, 0.4) is 0 Å². The number of rotatable bonds is 6. The van der Waals surface area contributed by atoms with Gasteiger partial charge in [0, 0.05) is 23.9 Å². The Bertz CT molecular complexity index is 851. The van der Waals surface area contributed by atoms with E-state index in [0.29, 0.717) is 23.7 Å². The van der Waals surface area contributed by atoms with Gasteiger partial charge in [-0.3, -0.25) is 4.79 Å². The Morgan fingerprint density at radius 2 is 1.66 bits per heavy atom. The van der Waals surface area contributed by atoms with Crippen molar-refractivity contribution in [2.45, 2.75) is 24.7 Å². The summed E-state index contributed by atoms with van der Waals surface area (Å²) in [7, 11) is 4.76. The van der Waals surface area contributed by atoms with Crippen LogP contribution >= 0.6 is 0 Å². The second kappa shape index (κ2) is 8.18. The molecule has 29 heavy (non-hydrogen) atoms. The van der Waals surface area contributed by atoms with Gasteiger partial charge in [0.2, 0.25) is 11.7 Å². The molecule has 0 aliphatic carbocycles. The number of hydrogen-bond donors (Lipinski definition) is 4. The summed E-state index contributed by atoms with van der Waals surface area (Å²) in [5, 5.41) is 6.56. The third kappa shape index (κ3) is 3.68. The zero-order valence-electron chi connectivity index (χ0n) is 16.7. The van der Waals surface area contributed by atoms with Gasteiger partial charge in [-0.25, -0.2) is 10.9 Å². The minimum Gasteiger partial charge on any atom is -0.493 e. The molecule has 2 aromatic rings. The van der Waals surface area contributed by atoms with Crippen LogP contribution in [0.5, 0.6) is 17.2 Å². The molecule has 2 aliphatic rings. The summed E-state index contributed by atoms with van der Waals surface area (Å²) in [5.41, 5.74) is 8.47. The van der Waals surface area contributed by atoms with Crippen LogP contribution < -0.4 is 35.7 Å². The number of methoxy groups -OCH3 is 3. The van der Waals surface area contributed by atoms with Crippen LogP contribution in [0, 0.1) is 5.92 Å². The molecule has 2 fully saturated rings. The molecular weight excluding hydrogens is 372 g/mol. The van der Waals surface area contributed by atoms with E-state index in [4.69, 9.17) is 14.2 Å². The standard InChI is InChI=1S/C21H26N4O4/c1-27-15-9-12(10-16(28-2)19(15)29-3)14-11-17(26)23-21-18(14)20(24-25-21)22-13-7-5-4-6-8-13/h4-10,14,18,20-22,24-25H,11H2,1-3H3,(H,23,26). The molecule has 4 N–H and O–H groups in total. The Hall–Kier alpha value is -2.97. The first-order valence-corrected chi connectivity index (χ1v) is 9.56. The first-order chi connectivity index (χ1) is 14.1. The molecule has 2 aromatic carbocycles. The molecule has 2 heterocycles. The number of para-hydroxylation sites is 1. The lowest BCUT2D eigenvalue weighted by Gasteiger charge is -2.36. The zero-order valence-corrected chi connectivity index (χ0v) is 16.7. The number of nitrogens with one attached hydrogen (secondary N) is 4. The number of fused-ring (bicyclic) bond motifs is 1. The highest BCUT2D eigenvalue weighted by Gasteiger charge is 2.46. The number of benzene rings is 2. The molecule has 4 atom stereocenters. The van der Waals surface area contributed by atoms with Gasteiger partial charge in [-0.15, -0.1) is 0 Å². The highest BCUT2D eigenvalue weighted by molar-refractivity contribution is 5.79. The monoisotopic (exact) mass is 398 g/mol. The van der Waals surface area contributed by atoms with Gasteiger partial charge in [0.25, 0.3) is 0 Å². The average molecular weight is 398 g/mol. The quantitative estimate of drug-likeness (QED) is 0.590. The summed E-state index contributed by atoms with van der Waals surface area (Å²) >= 11 is 0. The van der Waals surface area contributed by atoms with Crippen LogP contribution in [0.1, 0.15) is 17.9 Å². The van der Waals surface area contributed by atoms with E-state index in [1.807, 2.05) is 42.5 Å². The SMILES string of the molecule is COc1cc(C2CC(=O)NC3NNC(Nc4ccccc4)C32)cc(OC)c1OC. The molecule has 0 aromatic heterocycles. The van der Waals surface area contributed by atoms with Crippen molar-refractivity contribution in [1.82, 2.24) is 16.2 Å². The van der Waals surface area contributed by atoms with Crippen LogP contribution in [0.15, 0.2) is 42.5 Å². The predicted octanol–water partition coefficient (Wildman–Crippen LogP) is 1.80. The minimum absolute atomic E-state index is 0.000312. The van der Waals surface area contributed by atoms with E-state index in [1.54, 1.807) is 21.3 Å². The lowest BCUT2D eigenvalue weighted by atomic mass is 9.77. The molecule has 0 bridgehead atoms. The van der Waals surface area contributed by atoms with E-state index in [9.17, 15) is 4.79 Å². The summed E-state index contributed by atoms with van der Waals surface area (Å²) in [5.74, 6) is 1.71. The number of carbonyl (C=O) groups excluding carboxylic acids is 1. The number of carbonyl (C=O) groups is 1. The second-order valence-corrected chi connectivity index (χ2v) is 7.17. The van der Waals surface area contributed by atoms with Crippen molar-refractivity contribution in [2.24, 2.45) is 5.92 Å². The van der Waals surface area contributed by atoms with Crippen molar-refractivity contribution in [3.63, 3.8) is 0 Å². The zero-order chi connectivity index (χ0) is 20.4. The van der Waals surface area contributed by atoms with E-state index >= 15 is 0 Å². The molecule has 0 radical (unpaired) electrons. The summed E-state index contributed by atoms with van der Waals surface area (Å²) in [6.45, 7) is 0. The van der Waals surface area contributed by atoms with Gasteiger partial charge in [0.1, 0.15) is 0 Å². The minimum atomic E-state index is -0.193. The Balaban J connectivity index is 1.70. The number of hydrazine groups is 1. The molecule has 0 spiro atoms. The Morgan fingerprint density at radius 1 is 0.966 bits per heavy atom. The molecule has 8 heteroatoms. The fraction of sp³-hybridized carbons (Fsp3) is 0.381. The van der Waals surface area contributed by atoms with Crippen LogP contribution in [0.25, 0.3) is 0 Å². The van der Waals surface area contributed by atoms with Crippen molar-refractivity contribution in [3.05, 3.63) is 48.0 Å². The maximum absolute atomic E-state index is 12.4. The van der Waals surface area contributed by atoms with E-state index in [-0.39, 0.29) is 30.1 Å². The van der Waals surface area contributed by atoms with Gasteiger partial charge in [0.05, 0.1) is 33.7 Å². The van der Waals surface area contributed by atoms with Crippen molar-refractivity contribution in [1.29, 1.82) is 0 Å². The molecule has 2 aliphatic heterocycles. The topological polar surface area (TPSA) is 92.9 Å². The van der Waals surface area contributed by atoms with E-state index in [1.165, 1.54) is 0 Å². The summed E-state index contributed by atoms with van der Waals surface area (Å²) < 4.78 is 16.5. The number of piperidine rings is 1. The number of anilines is 1. The third-order valence-corrected chi connectivity index (χ3v) is 5.56. The normalized spacial score (nSPS) is 25.7. The van der Waals surface area contributed by atoms with Gasteiger partial charge in [0.15, 0.2) is 11.5 Å². The maximum Gasteiger partial charge on any atom is 0.221 e. The Morgan fingerprint density at radius 3 is 2.28 bits per heavy atom. The van der Waals surface area contributed by atoms with Gasteiger partial charge >= 0.3 is 0 Å². The Labute approximate surface area is 169 Å².